The number of piperidine rings is 1. The molecule has 0 bridgehead atoms. The minimum Gasteiger partial charge on any atom is -0.381 e. The standard InChI is InChI=1S/C17H32N4O2S/c1-3-19-16(20-13-17(24-2)6-9-23-10-7-17)21-8-4-5-14(12-21)11-15(18)22/h14H,3-13H2,1-2H3,(H2,18,22)(H,19,20). The summed E-state index contributed by atoms with van der Waals surface area (Å²) >= 11 is 1.91. The van der Waals surface area contributed by atoms with E-state index >= 15 is 0 Å². The summed E-state index contributed by atoms with van der Waals surface area (Å²) in [6.07, 6.45) is 6.93. The van der Waals surface area contributed by atoms with E-state index in [1.54, 1.807) is 0 Å². The Bertz CT molecular complexity index is 438. The van der Waals surface area contributed by atoms with Gasteiger partial charge in [0.2, 0.25) is 5.91 Å². The number of primary amides is 1. The third-order valence-corrected chi connectivity index (χ3v) is 6.40. The van der Waals surface area contributed by atoms with Crippen molar-refractivity contribution in [3.8, 4) is 0 Å². The number of likely N-dealkylation sites (tertiary alicyclic amines) is 1. The van der Waals surface area contributed by atoms with Crippen molar-refractivity contribution in [2.75, 3.05) is 45.6 Å². The molecule has 3 N–H and O–H groups in total. The predicted octanol–water partition coefficient (Wildman–Crippen LogP) is 1.45. The molecule has 24 heavy (non-hydrogen) atoms. The van der Waals surface area contributed by atoms with Gasteiger partial charge in [-0.05, 0) is 44.8 Å². The van der Waals surface area contributed by atoms with Crippen molar-refractivity contribution in [1.82, 2.24) is 10.2 Å². The molecule has 1 atom stereocenters. The molecule has 0 spiro atoms. The summed E-state index contributed by atoms with van der Waals surface area (Å²) in [4.78, 5) is 18.5. The zero-order valence-corrected chi connectivity index (χ0v) is 15.9. The number of guanidine groups is 1. The molecule has 1 unspecified atom stereocenters. The molecule has 2 saturated heterocycles. The molecule has 138 valence electrons. The van der Waals surface area contributed by atoms with Gasteiger partial charge >= 0.3 is 0 Å². The molecule has 0 aliphatic carbocycles. The second-order valence-corrected chi connectivity index (χ2v) is 8.07. The first-order valence-corrected chi connectivity index (χ1v) is 10.3. The van der Waals surface area contributed by atoms with Gasteiger partial charge in [0.1, 0.15) is 0 Å². The summed E-state index contributed by atoms with van der Waals surface area (Å²) < 4.78 is 5.71. The Balaban J connectivity index is 2.02. The smallest absolute Gasteiger partial charge is 0.217 e. The summed E-state index contributed by atoms with van der Waals surface area (Å²) in [6, 6.07) is 0. The largest absolute Gasteiger partial charge is 0.381 e. The number of nitrogens with one attached hydrogen (secondary N) is 1. The van der Waals surface area contributed by atoms with Crippen LogP contribution in [0.2, 0.25) is 0 Å². The van der Waals surface area contributed by atoms with Crippen molar-refractivity contribution in [1.29, 1.82) is 0 Å². The highest BCUT2D eigenvalue weighted by Crippen LogP contribution is 2.34. The van der Waals surface area contributed by atoms with Gasteiger partial charge in [0.15, 0.2) is 5.96 Å². The summed E-state index contributed by atoms with van der Waals surface area (Å²) in [7, 11) is 0. The SMILES string of the molecule is CCNC(=NCC1(SC)CCOCC1)N1CCCC(CC(N)=O)C1. The van der Waals surface area contributed by atoms with Crippen LogP contribution in [-0.4, -0.2) is 67.2 Å². The molecular weight excluding hydrogens is 324 g/mol. The van der Waals surface area contributed by atoms with E-state index in [4.69, 9.17) is 15.5 Å². The molecule has 6 nitrogen and oxygen atoms in total. The lowest BCUT2D eigenvalue weighted by molar-refractivity contribution is -0.119. The number of aliphatic imine (C=N–C) groups is 1. The first-order valence-electron chi connectivity index (χ1n) is 9.03. The maximum absolute atomic E-state index is 11.2. The summed E-state index contributed by atoms with van der Waals surface area (Å²) in [5, 5.41) is 3.43. The number of thioether (sulfide) groups is 1. The lowest BCUT2D eigenvalue weighted by Gasteiger charge is -2.37. The van der Waals surface area contributed by atoms with E-state index in [0.717, 1.165) is 71.0 Å². The van der Waals surface area contributed by atoms with Crippen LogP contribution in [0.15, 0.2) is 4.99 Å². The highest BCUT2D eigenvalue weighted by Gasteiger charge is 2.32. The van der Waals surface area contributed by atoms with E-state index in [9.17, 15) is 4.79 Å². The monoisotopic (exact) mass is 356 g/mol. The molecule has 2 aliphatic rings. The number of hydrogen-bond donors (Lipinski definition) is 2. The van der Waals surface area contributed by atoms with Crippen LogP contribution in [0.25, 0.3) is 0 Å². The van der Waals surface area contributed by atoms with Gasteiger partial charge in [-0.2, -0.15) is 11.8 Å². The predicted molar refractivity (Wildman–Crippen MR) is 100 cm³/mol. The normalized spacial score (nSPS) is 24.7. The minimum atomic E-state index is -0.202. The fourth-order valence-corrected chi connectivity index (χ4v) is 4.29. The van der Waals surface area contributed by atoms with Gasteiger partial charge in [0.05, 0.1) is 6.54 Å². The van der Waals surface area contributed by atoms with Crippen molar-refractivity contribution < 1.29 is 9.53 Å². The molecule has 2 heterocycles. The second-order valence-electron chi connectivity index (χ2n) is 6.79. The molecule has 2 fully saturated rings. The summed E-state index contributed by atoms with van der Waals surface area (Å²) in [5.74, 6) is 1.12. The van der Waals surface area contributed by atoms with Crippen LogP contribution in [0.3, 0.4) is 0 Å². The number of ether oxygens (including phenoxy) is 1. The molecule has 0 radical (unpaired) electrons. The van der Waals surface area contributed by atoms with Crippen LogP contribution in [0.1, 0.15) is 39.0 Å². The average molecular weight is 357 g/mol. The first kappa shape index (κ1) is 19.4. The molecule has 0 aromatic carbocycles. The van der Waals surface area contributed by atoms with Crippen LogP contribution < -0.4 is 11.1 Å². The van der Waals surface area contributed by atoms with Crippen molar-refractivity contribution in [3.05, 3.63) is 0 Å². The van der Waals surface area contributed by atoms with Crippen LogP contribution >= 0.6 is 11.8 Å². The number of carbonyl (C=O) groups excluding carboxylic acids is 1. The molecule has 7 heteroatoms. The van der Waals surface area contributed by atoms with Crippen molar-refractivity contribution >= 4 is 23.6 Å². The molecule has 0 aromatic heterocycles. The van der Waals surface area contributed by atoms with E-state index in [2.05, 4.69) is 23.4 Å². The third-order valence-electron chi connectivity index (χ3n) is 5.00. The van der Waals surface area contributed by atoms with Gasteiger partial charge in [-0.25, -0.2) is 0 Å². The van der Waals surface area contributed by atoms with Gasteiger partial charge < -0.3 is 20.7 Å². The minimum absolute atomic E-state index is 0.196. The highest BCUT2D eigenvalue weighted by atomic mass is 32.2. The molecule has 1 amide bonds. The number of rotatable bonds is 6. The Morgan fingerprint density at radius 3 is 2.83 bits per heavy atom. The van der Waals surface area contributed by atoms with E-state index in [0.29, 0.717) is 12.3 Å². The number of carbonyl (C=O) groups is 1. The van der Waals surface area contributed by atoms with Crippen molar-refractivity contribution in [3.63, 3.8) is 0 Å². The van der Waals surface area contributed by atoms with Crippen LogP contribution in [0.4, 0.5) is 0 Å². The lowest BCUT2D eigenvalue weighted by Crippen LogP contribution is -2.48. The molecule has 2 aliphatic heterocycles. The Hall–Kier alpha value is -0.950. The lowest BCUT2D eigenvalue weighted by atomic mass is 9.95. The highest BCUT2D eigenvalue weighted by molar-refractivity contribution is 8.00. The fraction of sp³-hybridized carbons (Fsp3) is 0.882. The van der Waals surface area contributed by atoms with E-state index in [1.165, 1.54) is 0 Å². The molecule has 2 rings (SSSR count). The Morgan fingerprint density at radius 1 is 1.46 bits per heavy atom. The van der Waals surface area contributed by atoms with Gasteiger partial charge in [-0.15, -0.1) is 0 Å². The van der Waals surface area contributed by atoms with Crippen molar-refractivity contribution in [2.24, 2.45) is 16.6 Å². The summed E-state index contributed by atoms with van der Waals surface area (Å²) in [5.41, 5.74) is 5.38. The van der Waals surface area contributed by atoms with E-state index in [1.807, 2.05) is 11.8 Å². The average Bonchev–Trinajstić information content (AvgIpc) is 2.59. The Morgan fingerprint density at radius 2 is 2.21 bits per heavy atom. The molecule has 0 saturated carbocycles. The first-order chi connectivity index (χ1) is 11.6. The third kappa shape index (κ3) is 5.55. The van der Waals surface area contributed by atoms with E-state index < -0.39 is 0 Å². The summed E-state index contributed by atoms with van der Waals surface area (Å²) in [6.45, 7) is 7.29. The van der Waals surface area contributed by atoms with Crippen LogP contribution in [-0.2, 0) is 9.53 Å². The Kier molecular flexibility index (Phi) is 7.68. The van der Waals surface area contributed by atoms with Gasteiger partial charge in [0.25, 0.3) is 0 Å². The number of amides is 1. The molecule has 0 aromatic rings. The second kappa shape index (κ2) is 9.51. The number of nitrogens with zero attached hydrogens (tertiary/aromatic N) is 2. The van der Waals surface area contributed by atoms with Gasteiger partial charge in [-0.3, -0.25) is 9.79 Å². The number of hydrogen-bond acceptors (Lipinski definition) is 4. The van der Waals surface area contributed by atoms with Crippen LogP contribution in [0.5, 0.6) is 0 Å². The van der Waals surface area contributed by atoms with Gasteiger partial charge in [-0.1, -0.05) is 0 Å². The zero-order valence-electron chi connectivity index (χ0n) is 15.1. The molecular formula is C17H32N4O2S. The number of nitrogens with two attached hydrogens (primary N) is 1. The maximum atomic E-state index is 11.2. The van der Waals surface area contributed by atoms with Gasteiger partial charge in [0, 0.05) is 44.0 Å². The quantitative estimate of drug-likeness (QED) is 0.556. The Labute approximate surface area is 150 Å². The van der Waals surface area contributed by atoms with E-state index in [-0.39, 0.29) is 10.7 Å². The fourth-order valence-electron chi connectivity index (χ4n) is 3.52. The zero-order chi connectivity index (χ0) is 17.4. The maximum Gasteiger partial charge on any atom is 0.217 e. The van der Waals surface area contributed by atoms with Crippen LogP contribution in [0, 0.1) is 5.92 Å². The topological polar surface area (TPSA) is 80.0 Å². The van der Waals surface area contributed by atoms with Crippen molar-refractivity contribution in [2.45, 2.75) is 43.8 Å².